The average molecular weight is 1880 g/mol. The van der Waals surface area contributed by atoms with Gasteiger partial charge in [-0.3, -0.25) is 0 Å². The number of aryl methyl sites for hydroxylation is 7. The van der Waals surface area contributed by atoms with E-state index in [4.69, 9.17) is 0 Å². The standard InChI is InChI=1S/2C26H31N.C23H25N.C22H23N.2C20H19N/c1-3-5-12-22(4-2)21-23-17-19-26(20-18-23)27(24-13-8-6-9-14-24)25-15-10-7-11-16-25;1-2-3-4-5-6-9-14-23-19-21-26(22-20-23)27(24-15-10-7-11-16-24)25-17-12-8-13-18-25;1-3-4-11-20-16-19(2)17-23(18-20)24(21-12-7-5-8-13-21)22-14-9-6-10-15-22;1-2-3-10-19-15-17-22(18-16-19)23(20-11-6-4-7-12-20)21-13-8-5-9-14-21;1-16-13-14-20(15-17(16)2)21(18-9-5-3-6-10-18)19-11-7-4-8-12-19;1-2-17-13-15-20(16-14-17)21(18-9-5-3-6-10-18)19-11-7-4-8-12-19/h6-11,13-20,22H,3-5,12,21H2,1-2H3;7-8,10-13,15-22H,2-6,9,14H2,1H3;5-10,12-18H,3-4,11H2,1-2H3;4-9,11-18H,2-3,10H2,1H3;3-15H,1-2H3;3-16H,2H2,1H3. The molecule has 18 aromatic rings. The fourth-order valence-corrected chi connectivity index (χ4v) is 18.0. The predicted octanol–water partition coefficient (Wildman–Crippen LogP) is 40.8. The van der Waals surface area contributed by atoms with Crippen molar-refractivity contribution in [3.05, 3.63) is 542 Å². The Balaban J connectivity index is 0.000000144. The van der Waals surface area contributed by atoms with Gasteiger partial charge in [-0.2, -0.15) is 0 Å². The minimum absolute atomic E-state index is 0.801. The van der Waals surface area contributed by atoms with Crippen molar-refractivity contribution >= 4 is 102 Å². The van der Waals surface area contributed by atoms with Gasteiger partial charge in [0, 0.05) is 102 Å². The lowest BCUT2D eigenvalue weighted by Crippen LogP contribution is -2.10. The van der Waals surface area contributed by atoms with E-state index < -0.39 is 0 Å². The van der Waals surface area contributed by atoms with Crippen LogP contribution in [0.15, 0.2) is 497 Å². The summed E-state index contributed by atoms with van der Waals surface area (Å²) >= 11 is 0. The summed E-state index contributed by atoms with van der Waals surface area (Å²) in [6.07, 6.45) is 24.0. The molecule has 0 radical (unpaired) electrons. The van der Waals surface area contributed by atoms with Gasteiger partial charge in [-0.1, -0.05) is 391 Å². The molecule has 0 spiro atoms. The topological polar surface area (TPSA) is 19.4 Å². The highest BCUT2D eigenvalue weighted by Gasteiger charge is 2.20. The number of unbranched alkanes of at least 4 members (excludes halogenated alkanes) is 8. The van der Waals surface area contributed by atoms with Gasteiger partial charge in [-0.15, -0.1) is 0 Å². The summed E-state index contributed by atoms with van der Waals surface area (Å²) in [5, 5.41) is 0. The van der Waals surface area contributed by atoms with E-state index in [0.717, 1.165) is 25.2 Å². The van der Waals surface area contributed by atoms with E-state index in [0.29, 0.717) is 0 Å². The molecular formula is C137H148N6. The first-order valence-electron chi connectivity index (χ1n) is 52.4. The Morgan fingerprint density at radius 1 is 0.168 bits per heavy atom. The maximum absolute atomic E-state index is 2.34. The van der Waals surface area contributed by atoms with Crippen molar-refractivity contribution in [1.29, 1.82) is 0 Å². The molecule has 18 aromatic carbocycles. The van der Waals surface area contributed by atoms with Gasteiger partial charge in [0.25, 0.3) is 0 Å². The van der Waals surface area contributed by atoms with Crippen LogP contribution in [0.1, 0.15) is 176 Å². The molecule has 0 N–H and O–H groups in total. The molecule has 6 nitrogen and oxygen atoms in total. The van der Waals surface area contributed by atoms with Crippen molar-refractivity contribution in [3.63, 3.8) is 0 Å². The van der Waals surface area contributed by atoms with Crippen LogP contribution >= 0.6 is 0 Å². The number of benzene rings is 18. The van der Waals surface area contributed by atoms with E-state index in [1.165, 1.54) is 250 Å². The molecule has 0 fully saturated rings. The van der Waals surface area contributed by atoms with Crippen LogP contribution in [-0.2, 0) is 32.1 Å². The number of hydrogen-bond donors (Lipinski definition) is 0. The Labute approximate surface area is 858 Å². The van der Waals surface area contributed by atoms with Crippen LogP contribution < -0.4 is 29.4 Å². The van der Waals surface area contributed by atoms with Gasteiger partial charge < -0.3 is 29.4 Å². The number of rotatable bonds is 38. The highest BCUT2D eigenvalue weighted by molar-refractivity contribution is 5.83. The molecule has 0 aliphatic heterocycles. The molecule has 0 aliphatic rings. The second kappa shape index (κ2) is 58.7. The zero-order valence-corrected chi connectivity index (χ0v) is 86.0. The molecule has 0 saturated carbocycles. The van der Waals surface area contributed by atoms with E-state index in [2.05, 4.69) is 565 Å². The van der Waals surface area contributed by atoms with Gasteiger partial charge in [0.2, 0.25) is 0 Å². The molecule has 0 bridgehead atoms. The van der Waals surface area contributed by atoms with Gasteiger partial charge in [-0.05, 0) is 341 Å². The maximum atomic E-state index is 2.34. The van der Waals surface area contributed by atoms with Crippen LogP contribution in [0.3, 0.4) is 0 Å². The zero-order chi connectivity index (χ0) is 99.5. The molecule has 143 heavy (non-hydrogen) atoms. The van der Waals surface area contributed by atoms with E-state index in [9.17, 15) is 0 Å². The minimum atomic E-state index is 0.801. The Morgan fingerprint density at radius 3 is 0.671 bits per heavy atom. The minimum Gasteiger partial charge on any atom is -0.311 e. The molecule has 1 unspecified atom stereocenters. The number of anilines is 18. The quantitative estimate of drug-likeness (QED) is 0.0357. The SMILES string of the molecule is CCCCC(CC)Cc1ccc(N(c2ccccc2)c2ccccc2)cc1.CCCCCCCCc1ccc(N(c2ccccc2)c2ccccc2)cc1.CCCCc1cc(C)cc(N(c2ccccc2)c2ccccc2)c1.CCCCc1ccc(N(c2ccccc2)c2ccccc2)cc1.CCc1ccc(N(c2ccccc2)c2ccccc2)cc1.Cc1ccc(N(c2ccccc2)c2ccccc2)cc1C. The maximum Gasteiger partial charge on any atom is 0.0466 e. The molecular weight excluding hydrogens is 1730 g/mol. The third kappa shape index (κ3) is 32.7. The Morgan fingerprint density at radius 2 is 0.399 bits per heavy atom. The van der Waals surface area contributed by atoms with Crippen molar-refractivity contribution in [3.8, 4) is 0 Å². The predicted molar refractivity (Wildman–Crippen MR) is 622 cm³/mol. The second-order valence-corrected chi connectivity index (χ2v) is 36.8. The summed E-state index contributed by atoms with van der Waals surface area (Å²) in [5.74, 6) is 0.801. The molecule has 6 heteroatoms. The second-order valence-electron chi connectivity index (χ2n) is 36.8. The number of nitrogens with zero attached hydrogens (tertiary/aromatic N) is 6. The monoisotopic (exact) mass is 1880 g/mol. The first kappa shape index (κ1) is 105. The van der Waals surface area contributed by atoms with Crippen molar-refractivity contribution in [2.75, 3.05) is 29.4 Å². The molecule has 0 heterocycles. The summed E-state index contributed by atoms with van der Waals surface area (Å²) < 4.78 is 0. The van der Waals surface area contributed by atoms with Gasteiger partial charge in [-0.25, -0.2) is 0 Å². The van der Waals surface area contributed by atoms with Gasteiger partial charge >= 0.3 is 0 Å². The molecule has 1 atom stereocenters. The van der Waals surface area contributed by atoms with Gasteiger partial charge in [0.15, 0.2) is 0 Å². The summed E-state index contributed by atoms with van der Waals surface area (Å²) in [6.45, 7) is 20.0. The van der Waals surface area contributed by atoms with E-state index >= 15 is 0 Å². The lowest BCUT2D eigenvalue weighted by atomic mass is 9.92. The van der Waals surface area contributed by atoms with Gasteiger partial charge in [0.1, 0.15) is 0 Å². The van der Waals surface area contributed by atoms with Crippen LogP contribution in [0.5, 0.6) is 0 Å². The molecule has 0 aromatic heterocycles. The molecule has 0 amide bonds. The Hall–Kier alpha value is -15.2. The largest absolute Gasteiger partial charge is 0.311 e. The molecule has 726 valence electrons. The Kier molecular flexibility index (Phi) is 43.2. The third-order valence-corrected chi connectivity index (χ3v) is 26.0. The summed E-state index contributed by atoms with van der Waals surface area (Å²) in [6, 6.07) is 176. The zero-order valence-electron chi connectivity index (χ0n) is 86.0. The first-order valence-corrected chi connectivity index (χ1v) is 52.4. The van der Waals surface area contributed by atoms with Crippen molar-refractivity contribution < 1.29 is 0 Å². The molecule has 0 aliphatic carbocycles. The normalized spacial score (nSPS) is 10.8. The summed E-state index contributed by atoms with van der Waals surface area (Å²) in [5.41, 5.74) is 32.4. The van der Waals surface area contributed by atoms with E-state index in [1.54, 1.807) is 0 Å². The fourth-order valence-electron chi connectivity index (χ4n) is 18.0. The summed E-state index contributed by atoms with van der Waals surface area (Å²) in [7, 11) is 0. The van der Waals surface area contributed by atoms with Crippen LogP contribution in [0.25, 0.3) is 0 Å². The molecule has 18 rings (SSSR count). The fraction of sp³-hybridized carbons (Fsp3) is 0.212. The Bertz CT molecular complexity index is 6230. The van der Waals surface area contributed by atoms with Crippen molar-refractivity contribution in [1.82, 2.24) is 0 Å². The van der Waals surface area contributed by atoms with E-state index in [1.807, 2.05) is 24.3 Å². The number of para-hydroxylation sites is 12. The summed E-state index contributed by atoms with van der Waals surface area (Å²) in [4.78, 5) is 13.8. The lowest BCUT2D eigenvalue weighted by Gasteiger charge is -2.26. The molecule has 0 saturated heterocycles. The lowest BCUT2D eigenvalue weighted by molar-refractivity contribution is 0.449. The third-order valence-electron chi connectivity index (χ3n) is 26.0. The van der Waals surface area contributed by atoms with Crippen molar-refractivity contribution in [2.45, 2.75) is 184 Å². The van der Waals surface area contributed by atoms with Crippen LogP contribution in [0, 0.1) is 26.7 Å². The highest BCUT2D eigenvalue weighted by Crippen LogP contribution is 2.42. The number of hydrogen-bond acceptors (Lipinski definition) is 6. The first-order chi connectivity index (χ1) is 70.5. The van der Waals surface area contributed by atoms with Crippen LogP contribution in [0.4, 0.5) is 102 Å². The van der Waals surface area contributed by atoms with Crippen LogP contribution in [-0.4, -0.2) is 0 Å². The van der Waals surface area contributed by atoms with Crippen LogP contribution in [0.2, 0.25) is 0 Å². The smallest absolute Gasteiger partial charge is 0.0466 e. The van der Waals surface area contributed by atoms with Gasteiger partial charge in [0.05, 0.1) is 0 Å². The van der Waals surface area contributed by atoms with E-state index in [-0.39, 0.29) is 0 Å². The average Bonchev–Trinajstić information content (AvgIpc) is 0.836. The van der Waals surface area contributed by atoms with Crippen molar-refractivity contribution in [2.24, 2.45) is 5.92 Å². The highest BCUT2D eigenvalue weighted by atomic mass is 15.2.